The van der Waals surface area contributed by atoms with Crippen LogP contribution in [0.15, 0.2) is 57.7 Å². The average Bonchev–Trinajstić information content (AvgIpc) is 3.21. The zero-order valence-corrected chi connectivity index (χ0v) is 18.7. The number of carbonyl (C=O) groups excluding carboxylic acids is 1. The van der Waals surface area contributed by atoms with Crippen LogP contribution in [-0.4, -0.2) is 42.0 Å². The van der Waals surface area contributed by atoms with Crippen molar-refractivity contribution in [3.8, 4) is 0 Å². The van der Waals surface area contributed by atoms with Gasteiger partial charge in [0, 0.05) is 18.5 Å². The second-order valence-electron chi connectivity index (χ2n) is 7.39. The van der Waals surface area contributed by atoms with Gasteiger partial charge in [0.2, 0.25) is 0 Å². The fourth-order valence-corrected chi connectivity index (χ4v) is 4.68. The van der Waals surface area contributed by atoms with E-state index in [1.54, 1.807) is 23.1 Å². The lowest BCUT2D eigenvalue weighted by Crippen LogP contribution is -2.40. The Kier molecular flexibility index (Phi) is 6.15. The fourth-order valence-electron chi connectivity index (χ4n) is 3.61. The molecule has 2 aromatic carbocycles. The molecule has 0 aliphatic carbocycles. The van der Waals surface area contributed by atoms with Crippen molar-refractivity contribution in [2.24, 2.45) is 0 Å². The van der Waals surface area contributed by atoms with Gasteiger partial charge < -0.3 is 9.32 Å². The largest absolute Gasteiger partial charge is 0.422 e. The zero-order valence-electron chi connectivity index (χ0n) is 17.9. The molecule has 0 aliphatic heterocycles. The zero-order chi connectivity index (χ0) is 22.0. The summed E-state index contributed by atoms with van der Waals surface area (Å²) in [6.07, 6.45) is 0. The van der Waals surface area contributed by atoms with Crippen molar-refractivity contribution >= 4 is 43.6 Å². The third-order valence-corrected chi connectivity index (χ3v) is 6.54. The van der Waals surface area contributed by atoms with Crippen molar-refractivity contribution in [1.29, 1.82) is 0 Å². The van der Waals surface area contributed by atoms with Crippen molar-refractivity contribution < 1.29 is 9.21 Å². The first kappa shape index (κ1) is 21.2. The summed E-state index contributed by atoms with van der Waals surface area (Å²) in [5.41, 5.74) is 1.80. The van der Waals surface area contributed by atoms with E-state index in [1.165, 1.54) is 11.3 Å². The number of thiazole rings is 1. The number of carbonyl (C=O) groups is 1. The van der Waals surface area contributed by atoms with E-state index in [0.29, 0.717) is 29.2 Å². The van der Waals surface area contributed by atoms with E-state index in [9.17, 15) is 9.59 Å². The van der Waals surface area contributed by atoms with E-state index in [1.807, 2.05) is 37.3 Å². The molecular formula is C24H25N3O3S. The maximum absolute atomic E-state index is 13.6. The van der Waals surface area contributed by atoms with Crippen LogP contribution in [0.4, 0.5) is 5.13 Å². The molecule has 6 nitrogen and oxygen atoms in total. The molecule has 0 spiro atoms. The summed E-state index contributed by atoms with van der Waals surface area (Å²) in [4.78, 5) is 34.8. The Labute approximate surface area is 184 Å². The second-order valence-corrected chi connectivity index (χ2v) is 8.40. The molecule has 0 radical (unpaired) electrons. The van der Waals surface area contributed by atoms with Gasteiger partial charge in [-0.1, -0.05) is 55.5 Å². The number of para-hydroxylation sites is 2. The van der Waals surface area contributed by atoms with Crippen LogP contribution in [0.5, 0.6) is 0 Å². The number of fused-ring (bicyclic) bond motifs is 2. The molecule has 4 aromatic rings. The van der Waals surface area contributed by atoms with E-state index < -0.39 is 5.63 Å². The number of aryl methyl sites for hydroxylation is 1. The Morgan fingerprint density at radius 1 is 1.06 bits per heavy atom. The molecule has 160 valence electrons. The molecule has 1 amide bonds. The van der Waals surface area contributed by atoms with E-state index in [-0.39, 0.29) is 11.5 Å². The Morgan fingerprint density at radius 3 is 2.58 bits per heavy atom. The minimum atomic E-state index is -0.631. The second kappa shape index (κ2) is 8.99. The monoisotopic (exact) mass is 435 g/mol. The summed E-state index contributed by atoms with van der Waals surface area (Å²) in [5.74, 6) is -0.386. The van der Waals surface area contributed by atoms with Crippen molar-refractivity contribution in [2.75, 3.05) is 31.1 Å². The van der Waals surface area contributed by atoms with Gasteiger partial charge in [0.25, 0.3) is 5.91 Å². The highest BCUT2D eigenvalue weighted by atomic mass is 32.1. The molecule has 4 rings (SSSR count). The molecule has 0 unspecified atom stereocenters. The van der Waals surface area contributed by atoms with Crippen molar-refractivity contribution in [3.63, 3.8) is 0 Å². The van der Waals surface area contributed by atoms with E-state index in [0.717, 1.165) is 28.9 Å². The van der Waals surface area contributed by atoms with Crippen LogP contribution in [0.3, 0.4) is 0 Å². The molecule has 0 fully saturated rings. The maximum atomic E-state index is 13.6. The molecule has 0 atom stereocenters. The predicted molar refractivity (Wildman–Crippen MR) is 126 cm³/mol. The molecule has 0 saturated carbocycles. The van der Waals surface area contributed by atoms with Crippen molar-refractivity contribution in [1.82, 2.24) is 9.88 Å². The molecule has 2 aromatic heterocycles. The van der Waals surface area contributed by atoms with Gasteiger partial charge in [-0.25, -0.2) is 9.78 Å². The van der Waals surface area contributed by atoms with Crippen LogP contribution in [0.1, 0.15) is 29.8 Å². The SMILES string of the molecule is CCN(CC)CCN(C(=O)c1cc2ccccc2oc1=O)c1nc2c(C)cccc2s1. The third kappa shape index (κ3) is 4.24. The molecule has 0 N–H and O–H groups in total. The first-order valence-corrected chi connectivity index (χ1v) is 11.3. The number of nitrogens with zero attached hydrogens (tertiary/aromatic N) is 3. The maximum Gasteiger partial charge on any atom is 0.349 e. The van der Waals surface area contributed by atoms with E-state index in [4.69, 9.17) is 9.40 Å². The molecular weight excluding hydrogens is 410 g/mol. The summed E-state index contributed by atoms with van der Waals surface area (Å²) in [7, 11) is 0. The van der Waals surface area contributed by atoms with Gasteiger partial charge in [0.1, 0.15) is 11.1 Å². The van der Waals surface area contributed by atoms with Gasteiger partial charge in [-0.05, 0) is 43.8 Å². The molecule has 0 aliphatic rings. The lowest BCUT2D eigenvalue weighted by molar-refractivity contribution is 0.0980. The smallest absolute Gasteiger partial charge is 0.349 e. The Balaban J connectivity index is 1.77. The number of likely N-dealkylation sites (N-methyl/N-ethyl adjacent to an activating group) is 1. The summed E-state index contributed by atoms with van der Waals surface area (Å²) >= 11 is 1.46. The van der Waals surface area contributed by atoms with Crippen LogP contribution in [0.2, 0.25) is 0 Å². The van der Waals surface area contributed by atoms with Crippen LogP contribution in [0, 0.1) is 6.92 Å². The highest BCUT2D eigenvalue weighted by molar-refractivity contribution is 7.22. The molecule has 2 heterocycles. The summed E-state index contributed by atoms with van der Waals surface area (Å²) < 4.78 is 6.43. The van der Waals surface area contributed by atoms with Gasteiger partial charge in [0.05, 0.1) is 10.2 Å². The van der Waals surface area contributed by atoms with Gasteiger partial charge in [0.15, 0.2) is 5.13 Å². The number of aromatic nitrogens is 1. The minimum Gasteiger partial charge on any atom is -0.422 e. The van der Waals surface area contributed by atoms with E-state index >= 15 is 0 Å². The molecule has 7 heteroatoms. The highest BCUT2D eigenvalue weighted by Gasteiger charge is 2.25. The lowest BCUT2D eigenvalue weighted by Gasteiger charge is -2.24. The fraction of sp³-hybridized carbons (Fsp3) is 0.292. The molecule has 31 heavy (non-hydrogen) atoms. The van der Waals surface area contributed by atoms with Gasteiger partial charge in [-0.3, -0.25) is 9.69 Å². The van der Waals surface area contributed by atoms with Crippen molar-refractivity contribution in [2.45, 2.75) is 20.8 Å². The minimum absolute atomic E-state index is 0.0224. The number of amides is 1. The Bertz CT molecular complexity index is 1290. The van der Waals surface area contributed by atoms with Crippen LogP contribution in [0.25, 0.3) is 21.2 Å². The highest BCUT2D eigenvalue weighted by Crippen LogP contribution is 2.31. The molecule has 0 saturated heterocycles. The molecule has 0 bridgehead atoms. The summed E-state index contributed by atoms with van der Waals surface area (Å²) in [5, 5.41) is 1.31. The number of anilines is 1. The number of benzene rings is 2. The Morgan fingerprint density at radius 2 is 1.84 bits per heavy atom. The first-order chi connectivity index (χ1) is 15.0. The lowest BCUT2D eigenvalue weighted by atomic mass is 10.1. The van der Waals surface area contributed by atoms with Gasteiger partial charge in [-0.15, -0.1) is 0 Å². The van der Waals surface area contributed by atoms with Gasteiger partial charge in [-0.2, -0.15) is 0 Å². The van der Waals surface area contributed by atoms with Crippen molar-refractivity contribution in [3.05, 3.63) is 70.1 Å². The normalized spacial score (nSPS) is 11.5. The standard InChI is InChI=1S/C24H25N3O3S/c1-4-26(5-2)13-14-27(24-25-21-16(3)9-8-12-20(21)31-24)22(28)18-15-17-10-6-7-11-19(17)30-23(18)29/h6-12,15H,4-5,13-14H2,1-3H3. The Hall–Kier alpha value is -3.03. The van der Waals surface area contributed by atoms with E-state index in [2.05, 4.69) is 18.7 Å². The first-order valence-electron chi connectivity index (χ1n) is 10.4. The number of hydrogen-bond acceptors (Lipinski definition) is 6. The summed E-state index contributed by atoms with van der Waals surface area (Å²) in [6.45, 7) is 9.08. The third-order valence-electron chi connectivity index (χ3n) is 5.49. The quantitative estimate of drug-likeness (QED) is 0.394. The average molecular weight is 436 g/mol. The van der Waals surface area contributed by atoms with Crippen LogP contribution in [-0.2, 0) is 0 Å². The summed E-state index contributed by atoms with van der Waals surface area (Å²) in [6, 6.07) is 14.8. The van der Waals surface area contributed by atoms with Crippen LogP contribution >= 0.6 is 11.3 Å². The van der Waals surface area contributed by atoms with Crippen LogP contribution < -0.4 is 10.5 Å². The topological polar surface area (TPSA) is 66.7 Å². The number of hydrogen-bond donors (Lipinski definition) is 0. The number of rotatable bonds is 7. The predicted octanol–water partition coefficient (Wildman–Crippen LogP) is 4.70. The van der Waals surface area contributed by atoms with Gasteiger partial charge >= 0.3 is 5.63 Å².